The molecule has 0 aliphatic carbocycles. The van der Waals surface area contributed by atoms with E-state index in [9.17, 15) is 0 Å². The molecule has 3 N–H and O–H groups in total. The van der Waals surface area contributed by atoms with Crippen molar-refractivity contribution in [2.75, 3.05) is 20.3 Å². The first-order valence-corrected chi connectivity index (χ1v) is 6.85. The molecule has 0 amide bonds. The minimum atomic E-state index is -0.136. The van der Waals surface area contributed by atoms with Crippen molar-refractivity contribution in [2.24, 2.45) is 5.73 Å². The summed E-state index contributed by atoms with van der Waals surface area (Å²) in [6, 6.07) is 6.44. The molecule has 0 saturated heterocycles. The Morgan fingerprint density at radius 3 is 2.58 bits per heavy atom. The molecule has 106 valence electrons. The van der Waals surface area contributed by atoms with E-state index in [1.54, 1.807) is 0 Å². The second-order valence-corrected chi connectivity index (χ2v) is 5.77. The van der Waals surface area contributed by atoms with Gasteiger partial charge < -0.3 is 20.5 Å². The van der Waals surface area contributed by atoms with Gasteiger partial charge in [-0.3, -0.25) is 0 Å². The molecular weight excluding hydrogens is 240 g/mol. The highest BCUT2D eigenvalue weighted by atomic mass is 16.6. The minimum Gasteiger partial charge on any atom is -0.486 e. The van der Waals surface area contributed by atoms with Crippen LogP contribution in [0.3, 0.4) is 0 Å². The smallest absolute Gasteiger partial charge is 0.161 e. The fourth-order valence-electron chi connectivity index (χ4n) is 2.27. The van der Waals surface area contributed by atoms with Gasteiger partial charge in [0.05, 0.1) is 0 Å². The van der Waals surface area contributed by atoms with Crippen LogP contribution in [-0.4, -0.2) is 25.8 Å². The SMILES string of the molecule is CNC(CCC(C)(C)N)c1ccc2c(c1)OCCO2. The van der Waals surface area contributed by atoms with E-state index >= 15 is 0 Å². The lowest BCUT2D eigenvalue weighted by molar-refractivity contribution is 0.171. The largest absolute Gasteiger partial charge is 0.486 e. The number of nitrogens with two attached hydrogens (primary N) is 1. The highest BCUT2D eigenvalue weighted by Crippen LogP contribution is 2.33. The molecule has 4 heteroatoms. The minimum absolute atomic E-state index is 0.136. The Morgan fingerprint density at radius 1 is 1.26 bits per heavy atom. The van der Waals surface area contributed by atoms with E-state index in [4.69, 9.17) is 15.2 Å². The quantitative estimate of drug-likeness (QED) is 0.856. The van der Waals surface area contributed by atoms with Crippen LogP contribution in [0.25, 0.3) is 0 Å². The van der Waals surface area contributed by atoms with Crippen LogP contribution in [0.4, 0.5) is 0 Å². The molecule has 0 aromatic heterocycles. The Morgan fingerprint density at radius 2 is 1.95 bits per heavy atom. The summed E-state index contributed by atoms with van der Waals surface area (Å²) >= 11 is 0. The van der Waals surface area contributed by atoms with Gasteiger partial charge in [0.25, 0.3) is 0 Å². The fraction of sp³-hybridized carbons (Fsp3) is 0.600. The molecule has 4 nitrogen and oxygen atoms in total. The third-order valence-corrected chi connectivity index (χ3v) is 3.39. The molecule has 1 heterocycles. The third kappa shape index (κ3) is 3.85. The number of hydrogen-bond acceptors (Lipinski definition) is 4. The van der Waals surface area contributed by atoms with Crippen molar-refractivity contribution in [3.63, 3.8) is 0 Å². The maximum atomic E-state index is 6.05. The summed E-state index contributed by atoms with van der Waals surface area (Å²) < 4.78 is 11.2. The van der Waals surface area contributed by atoms with Crippen LogP contribution in [0.5, 0.6) is 11.5 Å². The maximum absolute atomic E-state index is 6.05. The molecule has 1 aliphatic heterocycles. The van der Waals surface area contributed by atoms with Gasteiger partial charge in [-0.2, -0.15) is 0 Å². The van der Waals surface area contributed by atoms with Crippen LogP contribution in [-0.2, 0) is 0 Å². The maximum Gasteiger partial charge on any atom is 0.161 e. The summed E-state index contributed by atoms with van der Waals surface area (Å²) in [5.74, 6) is 1.68. The Hall–Kier alpha value is -1.26. The molecule has 1 aromatic carbocycles. The molecular formula is C15H24N2O2. The number of nitrogens with one attached hydrogen (secondary N) is 1. The van der Waals surface area contributed by atoms with E-state index in [1.165, 1.54) is 5.56 Å². The monoisotopic (exact) mass is 264 g/mol. The van der Waals surface area contributed by atoms with Gasteiger partial charge in [-0.1, -0.05) is 6.07 Å². The number of rotatable bonds is 5. The molecule has 1 unspecified atom stereocenters. The average molecular weight is 264 g/mol. The molecule has 0 bridgehead atoms. The summed E-state index contributed by atoms with van der Waals surface area (Å²) in [5.41, 5.74) is 7.14. The topological polar surface area (TPSA) is 56.5 Å². The van der Waals surface area contributed by atoms with Crippen LogP contribution in [0.15, 0.2) is 18.2 Å². The zero-order valence-electron chi connectivity index (χ0n) is 12.0. The van der Waals surface area contributed by atoms with E-state index < -0.39 is 0 Å². The molecule has 1 aromatic rings. The van der Waals surface area contributed by atoms with E-state index in [2.05, 4.69) is 31.3 Å². The molecule has 1 aliphatic rings. The van der Waals surface area contributed by atoms with Crippen molar-refractivity contribution in [3.8, 4) is 11.5 Å². The zero-order chi connectivity index (χ0) is 13.9. The number of ether oxygens (including phenoxy) is 2. The van der Waals surface area contributed by atoms with E-state index in [-0.39, 0.29) is 5.54 Å². The molecule has 2 rings (SSSR count). The van der Waals surface area contributed by atoms with E-state index in [1.807, 2.05) is 13.1 Å². The Kier molecular flexibility index (Phi) is 4.32. The van der Waals surface area contributed by atoms with Gasteiger partial charge in [0, 0.05) is 11.6 Å². The molecule has 19 heavy (non-hydrogen) atoms. The highest BCUT2D eigenvalue weighted by Gasteiger charge is 2.18. The average Bonchev–Trinajstić information content (AvgIpc) is 2.38. The van der Waals surface area contributed by atoms with Gasteiger partial charge in [0.1, 0.15) is 13.2 Å². The summed E-state index contributed by atoms with van der Waals surface area (Å²) in [5, 5.41) is 3.35. The molecule has 0 radical (unpaired) electrons. The standard InChI is InChI=1S/C15H24N2O2/c1-15(2,16)7-6-12(17-3)11-4-5-13-14(10-11)19-9-8-18-13/h4-5,10,12,17H,6-9,16H2,1-3H3. The Balaban J connectivity index is 2.10. The van der Waals surface area contributed by atoms with Crippen molar-refractivity contribution < 1.29 is 9.47 Å². The van der Waals surface area contributed by atoms with Gasteiger partial charge in [0.15, 0.2) is 11.5 Å². The van der Waals surface area contributed by atoms with Crippen LogP contribution in [0.1, 0.15) is 38.3 Å². The van der Waals surface area contributed by atoms with E-state index in [0.29, 0.717) is 19.3 Å². The van der Waals surface area contributed by atoms with E-state index in [0.717, 1.165) is 24.3 Å². The number of hydrogen-bond donors (Lipinski definition) is 2. The second-order valence-electron chi connectivity index (χ2n) is 5.77. The van der Waals surface area contributed by atoms with Crippen molar-refractivity contribution >= 4 is 0 Å². The first kappa shape index (κ1) is 14.2. The Bertz CT molecular complexity index is 427. The lowest BCUT2D eigenvalue weighted by Crippen LogP contribution is -2.33. The third-order valence-electron chi connectivity index (χ3n) is 3.39. The molecule has 0 spiro atoms. The predicted octanol–water partition coefficient (Wildman–Crippen LogP) is 2.24. The molecule has 0 fully saturated rings. The normalized spacial score (nSPS) is 16.2. The summed E-state index contributed by atoms with van der Waals surface area (Å²) in [7, 11) is 1.98. The van der Waals surface area contributed by atoms with Crippen LogP contribution in [0, 0.1) is 0 Å². The van der Waals surface area contributed by atoms with Crippen molar-refractivity contribution in [1.29, 1.82) is 0 Å². The number of fused-ring (bicyclic) bond motifs is 1. The zero-order valence-corrected chi connectivity index (χ0v) is 12.0. The highest BCUT2D eigenvalue weighted by molar-refractivity contribution is 5.44. The first-order valence-electron chi connectivity index (χ1n) is 6.85. The van der Waals surface area contributed by atoms with Crippen LogP contribution >= 0.6 is 0 Å². The molecule has 1 atom stereocenters. The Labute approximate surface area is 115 Å². The van der Waals surface area contributed by atoms with Gasteiger partial charge >= 0.3 is 0 Å². The fourth-order valence-corrected chi connectivity index (χ4v) is 2.27. The second kappa shape index (κ2) is 5.80. The molecule has 0 saturated carbocycles. The van der Waals surface area contributed by atoms with Gasteiger partial charge in [0.2, 0.25) is 0 Å². The van der Waals surface area contributed by atoms with Gasteiger partial charge in [-0.05, 0) is 51.4 Å². The predicted molar refractivity (Wildman–Crippen MR) is 76.7 cm³/mol. The lowest BCUT2D eigenvalue weighted by atomic mass is 9.93. The van der Waals surface area contributed by atoms with Crippen LogP contribution in [0.2, 0.25) is 0 Å². The summed E-state index contributed by atoms with van der Waals surface area (Å²) in [6.45, 7) is 5.37. The van der Waals surface area contributed by atoms with Gasteiger partial charge in [-0.25, -0.2) is 0 Å². The number of benzene rings is 1. The van der Waals surface area contributed by atoms with Crippen molar-refractivity contribution in [3.05, 3.63) is 23.8 Å². The summed E-state index contributed by atoms with van der Waals surface area (Å²) in [4.78, 5) is 0. The summed E-state index contributed by atoms with van der Waals surface area (Å²) in [6.07, 6.45) is 1.96. The van der Waals surface area contributed by atoms with Crippen LogP contribution < -0.4 is 20.5 Å². The van der Waals surface area contributed by atoms with Gasteiger partial charge in [-0.15, -0.1) is 0 Å². The van der Waals surface area contributed by atoms with Crippen molar-refractivity contribution in [2.45, 2.75) is 38.3 Å². The lowest BCUT2D eigenvalue weighted by Gasteiger charge is -2.25. The first-order chi connectivity index (χ1) is 8.99. The van der Waals surface area contributed by atoms with Crippen molar-refractivity contribution in [1.82, 2.24) is 5.32 Å².